The number of sulfone groups is 1. The summed E-state index contributed by atoms with van der Waals surface area (Å²) in [7, 11) is -3.35. The first-order chi connectivity index (χ1) is 8.86. The van der Waals surface area contributed by atoms with Crippen LogP contribution in [0.4, 0.5) is 5.95 Å². The van der Waals surface area contributed by atoms with Gasteiger partial charge in [-0.25, -0.2) is 8.42 Å². The van der Waals surface area contributed by atoms with Crippen LogP contribution < -0.4 is 5.32 Å². The third kappa shape index (κ3) is 3.16. The molecule has 0 saturated carbocycles. The average Bonchev–Trinajstić information content (AvgIpc) is 2.74. The van der Waals surface area contributed by atoms with Crippen LogP contribution in [0.2, 0.25) is 0 Å². The highest BCUT2D eigenvalue weighted by Gasteiger charge is 2.13. The van der Waals surface area contributed by atoms with Crippen LogP contribution in [0.15, 0.2) is 29.2 Å². The molecule has 2 N–H and O–H groups in total. The first-order valence-electron chi connectivity index (χ1n) is 5.37. The molecule has 0 radical (unpaired) electrons. The number of anilines is 1. The number of aryl methyl sites for hydroxylation is 1. The summed E-state index contributed by atoms with van der Waals surface area (Å²) in [6.07, 6.45) is 1.09. The van der Waals surface area contributed by atoms with Crippen LogP contribution in [0, 0.1) is 6.92 Å². The Kier molecular flexibility index (Phi) is 3.34. The van der Waals surface area contributed by atoms with Crippen LogP contribution in [-0.4, -0.2) is 35.8 Å². The topological polar surface area (TPSA) is 105 Å². The van der Waals surface area contributed by atoms with Crippen LogP contribution in [0.3, 0.4) is 0 Å². The van der Waals surface area contributed by atoms with Gasteiger partial charge in [-0.05, 0) is 25.1 Å². The molecule has 0 fully saturated rings. The van der Waals surface area contributed by atoms with E-state index < -0.39 is 15.7 Å². The zero-order valence-corrected chi connectivity index (χ0v) is 11.2. The van der Waals surface area contributed by atoms with Gasteiger partial charge in [0, 0.05) is 11.8 Å². The van der Waals surface area contributed by atoms with Crippen molar-refractivity contribution in [2.24, 2.45) is 0 Å². The van der Waals surface area contributed by atoms with Crippen molar-refractivity contribution in [1.29, 1.82) is 0 Å². The Bertz CT molecular complexity index is 721. The molecule has 100 valence electrons. The van der Waals surface area contributed by atoms with Crippen LogP contribution in [0.25, 0.3) is 0 Å². The predicted octanol–water partition coefficient (Wildman–Crippen LogP) is 0.769. The maximum Gasteiger partial charge on any atom is 0.258 e. The van der Waals surface area contributed by atoms with Crippen molar-refractivity contribution < 1.29 is 13.2 Å². The lowest BCUT2D eigenvalue weighted by atomic mass is 10.2. The summed E-state index contributed by atoms with van der Waals surface area (Å²) in [4.78, 5) is 15.9. The number of aromatic amines is 1. The highest BCUT2D eigenvalue weighted by molar-refractivity contribution is 7.90. The smallest absolute Gasteiger partial charge is 0.258 e. The van der Waals surface area contributed by atoms with Gasteiger partial charge in [-0.15, -0.1) is 5.10 Å². The van der Waals surface area contributed by atoms with Crippen molar-refractivity contribution in [1.82, 2.24) is 15.2 Å². The Labute approximate surface area is 110 Å². The lowest BCUT2D eigenvalue weighted by Gasteiger charge is -2.03. The minimum atomic E-state index is -3.35. The van der Waals surface area contributed by atoms with Crippen molar-refractivity contribution in [2.75, 3.05) is 11.6 Å². The molecule has 0 aliphatic heterocycles. The van der Waals surface area contributed by atoms with Gasteiger partial charge in [0.05, 0.1) is 4.90 Å². The van der Waals surface area contributed by atoms with Crippen LogP contribution in [0.5, 0.6) is 0 Å². The SMILES string of the molecule is Cc1nc(NC(=O)c2cccc(S(C)(=O)=O)c2)n[nH]1. The largest absolute Gasteiger partial charge is 0.289 e. The number of hydrogen-bond acceptors (Lipinski definition) is 5. The predicted molar refractivity (Wildman–Crippen MR) is 68.6 cm³/mol. The second-order valence-corrected chi connectivity index (χ2v) is 6.01. The van der Waals surface area contributed by atoms with Crippen molar-refractivity contribution >= 4 is 21.7 Å². The molecule has 1 amide bonds. The van der Waals surface area contributed by atoms with Gasteiger partial charge in [0.15, 0.2) is 9.84 Å². The van der Waals surface area contributed by atoms with E-state index in [1.807, 2.05) is 0 Å². The third-order valence-corrected chi connectivity index (χ3v) is 3.46. The fraction of sp³-hybridized carbons (Fsp3) is 0.182. The number of nitrogens with zero attached hydrogens (tertiary/aromatic N) is 2. The van der Waals surface area contributed by atoms with Gasteiger partial charge in [-0.3, -0.25) is 15.2 Å². The Balaban J connectivity index is 2.25. The Hall–Kier alpha value is -2.22. The molecule has 1 aromatic carbocycles. The van der Waals surface area contributed by atoms with Gasteiger partial charge in [0.1, 0.15) is 5.82 Å². The number of benzene rings is 1. The maximum atomic E-state index is 11.9. The fourth-order valence-corrected chi connectivity index (χ4v) is 2.11. The summed E-state index contributed by atoms with van der Waals surface area (Å²) in [5.41, 5.74) is 0.227. The zero-order chi connectivity index (χ0) is 14.0. The van der Waals surface area contributed by atoms with E-state index in [4.69, 9.17) is 0 Å². The van der Waals surface area contributed by atoms with Crippen molar-refractivity contribution in [3.05, 3.63) is 35.7 Å². The van der Waals surface area contributed by atoms with E-state index >= 15 is 0 Å². The number of H-pyrrole nitrogens is 1. The number of hydrogen-bond donors (Lipinski definition) is 2. The van der Waals surface area contributed by atoms with E-state index in [0.717, 1.165) is 6.26 Å². The highest BCUT2D eigenvalue weighted by atomic mass is 32.2. The first-order valence-corrected chi connectivity index (χ1v) is 7.26. The summed E-state index contributed by atoms with van der Waals surface area (Å²) in [5, 5.41) is 8.83. The van der Waals surface area contributed by atoms with E-state index in [0.29, 0.717) is 5.82 Å². The number of nitrogens with one attached hydrogen (secondary N) is 2. The summed E-state index contributed by atoms with van der Waals surface area (Å²) in [5.74, 6) is 0.247. The standard InChI is InChI=1S/C11H12N4O3S/c1-7-12-11(15-14-7)13-10(16)8-4-3-5-9(6-8)19(2,17)18/h3-6H,1-2H3,(H2,12,13,14,15,16). The Morgan fingerprint density at radius 1 is 1.37 bits per heavy atom. The van der Waals surface area contributed by atoms with Crippen molar-refractivity contribution in [3.8, 4) is 0 Å². The molecule has 0 spiro atoms. The van der Waals surface area contributed by atoms with E-state index in [2.05, 4.69) is 20.5 Å². The quantitative estimate of drug-likeness (QED) is 0.864. The lowest BCUT2D eigenvalue weighted by molar-refractivity contribution is 0.102. The molecule has 0 unspecified atom stereocenters. The fourth-order valence-electron chi connectivity index (χ4n) is 1.44. The number of carbonyl (C=O) groups is 1. The van der Waals surface area contributed by atoms with Crippen molar-refractivity contribution in [3.63, 3.8) is 0 Å². The van der Waals surface area contributed by atoms with E-state index in [1.54, 1.807) is 6.92 Å². The minimum Gasteiger partial charge on any atom is -0.289 e. The zero-order valence-electron chi connectivity index (χ0n) is 10.3. The molecule has 7 nitrogen and oxygen atoms in total. The van der Waals surface area contributed by atoms with Crippen molar-refractivity contribution in [2.45, 2.75) is 11.8 Å². The average molecular weight is 280 g/mol. The highest BCUT2D eigenvalue weighted by Crippen LogP contribution is 2.12. The third-order valence-electron chi connectivity index (χ3n) is 2.35. The molecule has 0 saturated heterocycles. The summed E-state index contributed by atoms with van der Waals surface area (Å²) in [6, 6.07) is 5.77. The van der Waals surface area contributed by atoms with E-state index in [1.165, 1.54) is 24.3 Å². The second kappa shape index (κ2) is 4.81. The van der Waals surface area contributed by atoms with Gasteiger partial charge < -0.3 is 0 Å². The van der Waals surface area contributed by atoms with Gasteiger partial charge in [-0.2, -0.15) is 4.98 Å². The lowest BCUT2D eigenvalue weighted by Crippen LogP contribution is -2.13. The molecule has 1 aromatic heterocycles. The molecule has 0 aliphatic rings. The Morgan fingerprint density at radius 3 is 2.68 bits per heavy atom. The number of amides is 1. The maximum absolute atomic E-state index is 11.9. The van der Waals surface area contributed by atoms with Gasteiger partial charge in [0.25, 0.3) is 5.91 Å². The second-order valence-electron chi connectivity index (χ2n) is 4.00. The van der Waals surface area contributed by atoms with Crippen LogP contribution in [-0.2, 0) is 9.84 Å². The minimum absolute atomic E-state index is 0.0892. The summed E-state index contributed by atoms with van der Waals surface area (Å²) >= 11 is 0. The van der Waals surface area contributed by atoms with Gasteiger partial charge in [-0.1, -0.05) is 6.07 Å². The summed E-state index contributed by atoms with van der Waals surface area (Å²) in [6.45, 7) is 1.70. The molecule has 2 rings (SSSR count). The molecular formula is C11H12N4O3S. The molecular weight excluding hydrogens is 268 g/mol. The Morgan fingerprint density at radius 2 is 2.11 bits per heavy atom. The monoisotopic (exact) mass is 280 g/mol. The normalized spacial score (nSPS) is 11.3. The van der Waals surface area contributed by atoms with E-state index in [9.17, 15) is 13.2 Å². The molecule has 0 aliphatic carbocycles. The van der Waals surface area contributed by atoms with Gasteiger partial charge >= 0.3 is 0 Å². The van der Waals surface area contributed by atoms with Crippen LogP contribution >= 0.6 is 0 Å². The molecule has 0 bridgehead atoms. The first kappa shape index (κ1) is 13.2. The summed E-state index contributed by atoms with van der Waals surface area (Å²) < 4.78 is 22.8. The molecule has 8 heteroatoms. The molecule has 19 heavy (non-hydrogen) atoms. The molecule has 2 aromatic rings. The van der Waals surface area contributed by atoms with E-state index in [-0.39, 0.29) is 16.4 Å². The molecule has 1 heterocycles. The number of rotatable bonds is 3. The van der Waals surface area contributed by atoms with Crippen LogP contribution in [0.1, 0.15) is 16.2 Å². The van der Waals surface area contributed by atoms with Gasteiger partial charge in [0.2, 0.25) is 5.95 Å². The number of carbonyl (C=O) groups excluding carboxylic acids is 1. The molecule has 0 atom stereocenters. The number of aromatic nitrogens is 3.